The van der Waals surface area contributed by atoms with Crippen LogP contribution in [0.5, 0.6) is 0 Å². The lowest BCUT2D eigenvalue weighted by Gasteiger charge is -1.97. The Hall–Kier alpha value is -2.28. The Bertz CT molecular complexity index is 984. The lowest BCUT2D eigenvalue weighted by atomic mass is 10.1. The number of carbonyl (C=O) groups excluding carboxylic acids is 1. The lowest BCUT2D eigenvalue weighted by Crippen LogP contribution is -1.93. The van der Waals surface area contributed by atoms with Gasteiger partial charge in [0.2, 0.25) is 0 Å². The number of rotatable bonds is 6. The molecule has 0 unspecified atom stereocenters. The largest absolute Gasteiger partial charge is 0.289 e. The SMILES string of the molecule is O=C(C=Cc1ccc(C=NNc2cccc(Cl)n2)s1)c1cccc(Br)c1. The minimum absolute atomic E-state index is 0.0383. The minimum Gasteiger partial charge on any atom is -0.289 e. The average Bonchev–Trinajstić information content (AvgIpc) is 3.07. The Balaban J connectivity index is 1.60. The third-order valence-corrected chi connectivity index (χ3v) is 4.93. The van der Waals surface area contributed by atoms with Crippen molar-refractivity contribution in [3.63, 3.8) is 0 Å². The van der Waals surface area contributed by atoms with Crippen molar-refractivity contribution in [2.24, 2.45) is 5.10 Å². The summed E-state index contributed by atoms with van der Waals surface area (Å²) in [6.07, 6.45) is 5.07. The van der Waals surface area contributed by atoms with Crippen molar-refractivity contribution >= 4 is 62.8 Å². The van der Waals surface area contributed by atoms with Crippen molar-refractivity contribution < 1.29 is 4.79 Å². The van der Waals surface area contributed by atoms with E-state index in [0.717, 1.165) is 14.2 Å². The molecule has 3 rings (SSSR count). The van der Waals surface area contributed by atoms with E-state index in [4.69, 9.17) is 11.6 Å². The molecule has 130 valence electrons. The number of nitrogens with zero attached hydrogens (tertiary/aromatic N) is 2. The maximum Gasteiger partial charge on any atom is 0.185 e. The fourth-order valence-electron chi connectivity index (χ4n) is 2.06. The first kappa shape index (κ1) is 18.5. The molecule has 0 amide bonds. The molecule has 4 nitrogen and oxygen atoms in total. The Kier molecular flexibility index (Phi) is 6.33. The second kappa shape index (κ2) is 8.89. The van der Waals surface area contributed by atoms with E-state index in [1.54, 1.807) is 48.7 Å². The van der Waals surface area contributed by atoms with Crippen LogP contribution in [0.2, 0.25) is 5.15 Å². The summed E-state index contributed by atoms with van der Waals surface area (Å²) in [6, 6.07) is 16.5. The molecule has 0 spiro atoms. The quantitative estimate of drug-likeness (QED) is 0.169. The molecule has 0 radical (unpaired) electrons. The van der Waals surface area contributed by atoms with E-state index in [-0.39, 0.29) is 5.78 Å². The molecule has 0 fully saturated rings. The molecule has 1 N–H and O–H groups in total. The first-order valence-electron chi connectivity index (χ1n) is 7.59. The third kappa shape index (κ3) is 5.36. The highest BCUT2D eigenvalue weighted by atomic mass is 79.9. The summed E-state index contributed by atoms with van der Waals surface area (Å²) in [5.41, 5.74) is 3.47. The summed E-state index contributed by atoms with van der Waals surface area (Å²) in [7, 11) is 0. The van der Waals surface area contributed by atoms with Crippen LogP contribution >= 0.6 is 38.9 Å². The predicted octanol–water partition coefficient (Wildman–Crippen LogP) is 5.90. The van der Waals surface area contributed by atoms with Crippen molar-refractivity contribution in [2.75, 3.05) is 5.43 Å². The van der Waals surface area contributed by atoms with E-state index in [1.807, 2.05) is 24.3 Å². The summed E-state index contributed by atoms with van der Waals surface area (Å²) >= 11 is 10.7. The Morgan fingerprint density at radius 2 is 1.96 bits per heavy atom. The maximum absolute atomic E-state index is 12.2. The molecular weight excluding hydrogens is 434 g/mol. The van der Waals surface area contributed by atoms with Crippen LogP contribution in [-0.2, 0) is 0 Å². The fourth-order valence-corrected chi connectivity index (χ4v) is 3.40. The van der Waals surface area contributed by atoms with Crippen LogP contribution in [0.15, 0.2) is 70.2 Å². The van der Waals surface area contributed by atoms with Gasteiger partial charge in [-0.15, -0.1) is 11.3 Å². The van der Waals surface area contributed by atoms with Gasteiger partial charge in [0.05, 0.1) is 6.21 Å². The number of pyridine rings is 1. The molecule has 26 heavy (non-hydrogen) atoms. The molecular formula is C19H13BrClN3OS. The average molecular weight is 447 g/mol. The summed E-state index contributed by atoms with van der Waals surface area (Å²) in [5, 5.41) is 4.54. The number of carbonyl (C=O) groups is 1. The van der Waals surface area contributed by atoms with E-state index in [0.29, 0.717) is 16.5 Å². The molecule has 1 aromatic carbocycles. The molecule has 3 aromatic rings. The Morgan fingerprint density at radius 1 is 1.15 bits per heavy atom. The molecule has 0 atom stereocenters. The smallest absolute Gasteiger partial charge is 0.185 e. The molecule has 0 aliphatic rings. The van der Waals surface area contributed by atoms with Gasteiger partial charge >= 0.3 is 0 Å². The second-order valence-corrected chi connectivity index (χ2v) is 7.61. The maximum atomic E-state index is 12.2. The number of nitrogens with one attached hydrogen (secondary N) is 1. The van der Waals surface area contributed by atoms with Crippen molar-refractivity contribution in [3.05, 3.63) is 85.6 Å². The van der Waals surface area contributed by atoms with Crippen LogP contribution in [0.1, 0.15) is 20.1 Å². The molecule has 0 aliphatic carbocycles. The normalized spacial score (nSPS) is 11.3. The molecule has 0 saturated carbocycles. The molecule has 7 heteroatoms. The van der Waals surface area contributed by atoms with Crippen LogP contribution in [0.3, 0.4) is 0 Å². The highest BCUT2D eigenvalue weighted by Gasteiger charge is 2.02. The molecule has 0 bridgehead atoms. The summed E-state index contributed by atoms with van der Waals surface area (Å²) in [5.74, 6) is 0.536. The third-order valence-electron chi connectivity index (χ3n) is 3.24. The number of benzene rings is 1. The Morgan fingerprint density at radius 3 is 2.77 bits per heavy atom. The number of hydrazone groups is 1. The summed E-state index contributed by atoms with van der Waals surface area (Å²) < 4.78 is 0.882. The number of allylic oxidation sites excluding steroid dienone is 1. The van der Waals surface area contributed by atoms with Crippen LogP contribution in [0, 0.1) is 0 Å². The zero-order valence-electron chi connectivity index (χ0n) is 13.4. The fraction of sp³-hybridized carbons (Fsp3) is 0. The van der Waals surface area contributed by atoms with Crippen LogP contribution < -0.4 is 5.43 Å². The molecule has 0 aliphatic heterocycles. The van der Waals surface area contributed by atoms with Gasteiger partial charge in [0.25, 0.3) is 0 Å². The number of thiophene rings is 1. The van der Waals surface area contributed by atoms with Crippen LogP contribution in [0.25, 0.3) is 6.08 Å². The zero-order valence-corrected chi connectivity index (χ0v) is 16.6. The van der Waals surface area contributed by atoms with Crippen LogP contribution in [0.4, 0.5) is 5.82 Å². The van der Waals surface area contributed by atoms with Gasteiger partial charge in [0, 0.05) is 19.8 Å². The van der Waals surface area contributed by atoms with Gasteiger partial charge in [-0.3, -0.25) is 10.2 Å². The van der Waals surface area contributed by atoms with Crippen molar-refractivity contribution in [2.45, 2.75) is 0 Å². The lowest BCUT2D eigenvalue weighted by molar-refractivity contribution is 0.104. The van der Waals surface area contributed by atoms with Gasteiger partial charge in [-0.25, -0.2) is 4.98 Å². The number of hydrogen-bond acceptors (Lipinski definition) is 5. The number of hydrogen-bond donors (Lipinski definition) is 1. The van der Waals surface area contributed by atoms with E-state index in [2.05, 4.69) is 31.4 Å². The van der Waals surface area contributed by atoms with Gasteiger partial charge in [-0.2, -0.15) is 5.10 Å². The first-order valence-corrected chi connectivity index (χ1v) is 9.58. The van der Waals surface area contributed by atoms with Crippen molar-refractivity contribution in [1.29, 1.82) is 0 Å². The van der Waals surface area contributed by atoms with Gasteiger partial charge in [0.1, 0.15) is 11.0 Å². The molecule has 0 saturated heterocycles. The highest BCUT2D eigenvalue weighted by molar-refractivity contribution is 9.10. The summed E-state index contributed by atoms with van der Waals surface area (Å²) in [4.78, 5) is 18.2. The minimum atomic E-state index is -0.0383. The number of halogens is 2. The van der Waals surface area contributed by atoms with Gasteiger partial charge in [0.15, 0.2) is 5.78 Å². The predicted molar refractivity (Wildman–Crippen MR) is 112 cm³/mol. The van der Waals surface area contributed by atoms with E-state index >= 15 is 0 Å². The first-order chi connectivity index (χ1) is 12.6. The van der Waals surface area contributed by atoms with Gasteiger partial charge in [-0.05, 0) is 48.6 Å². The summed E-state index contributed by atoms with van der Waals surface area (Å²) in [6.45, 7) is 0. The van der Waals surface area contributed by atoms with Crippen molar-refractivity contribution in [3.8, 4) is 0 Å². The standard InChI is InChI=1S/C19H13BrClN3OS/c20-14-4-1-3-13(11-14)17(25)10-9-15-7-8-16(26-15)12-22-24-19-6-2-5-18(21)23-19/h1-12H,(H,23,24). The molecule has 2 aromatic heterocycles. The zero-order chi connectivity index (χ0) is 18.4. The second-order valence-electron chi connectivity index (χ2n) is 5.16. The Labute approximate surface area is 168 Å². The monoisotopic (exact) mass is 445 g/mol. The highest BCUT2D eigenvalue weighted by Crippen LogP contribution is 2.18. The van der Waals surface area contributed by atoms with Gasteiger partial charge < -0.3 is 0 Å². The van der Waals surface area contributed by atoms with Gasteiger partial charge in [-0.1, -0.05) is 45.7 Å². The number of anilines is 1. The number of aromatic nitrogens is 1. The number of ketones is 1. The van der Waals surface area contributed by atoms with E-state index in [1.165, 1.54) is 11.3 Å². The van der Waals surface area contributed by atoms with E-state index < -0.39 is 0 Å². The van der Waals surface area contributed by atoms with Crippen molar-refractivity contribution in [1.82, 2.24) is 4.98 Å². The molecule has 2 heterocycles. The topological polar surface area (TPSA) is 54.4 Å². The van der Waals surface area contributed by atoms with Crippen LogP contribution in [-0.4, -0.2) is 17.0 Å². The van der Waals surface area contributed by atoms with E-state index in [9.17, 15) is 4.79 Å².